The Morgan fingerprint density at radius 1 is 1.11 bits per heavy atom. The molecule has 0 rings (SSSR count). The first-order valence-corrected chi connectivity index (χ1v) is 9.28. The molecule has 2 N–H and O–H groups in total. The predicted octanol–water partition coefficient (Wildman–Crippen LogP) is 0.997. The molecule has 0 saturated heterocycles. The molecular formula is C5H18O2Si2. The molecule has 0 amide bonds. The van der Waals surface area contributed by atoms with Crippen LogP contribution in [0.15, 0.2) is 0 Å². The van der Waals surface area contributed by atoms with Crippen molar-refractivity contribution < 1.29 is 9.59 Å². The smallest absolute Gasteiger partial charge is 0.170 e. The second kappa shape index (κ2) is 4.21. The van der Waals surface area contributed by atoms with Crippen LogP contribution in [0.5, 0.6) is 0 Å². The van der Waals surface area contributed by atoms with Crippen LogP contribution >= 0.6 is 0 Å². The van der Waals surface area contributed by atoms with E-state index in [1.54, 1.807) is 0 Å². The number of hydrogen-bond acceptors (Lipinski definition) is 1. The van der Waals surface area contributed by atoms with Gasteiger partial charge in [-0.25, -0.2) is 0 Å². The summed E-state index contributed by atoms with van der Waals surface area (Å²) in [7, 11) is -1.89. The largest absolute Gasteiger partial charge is 0.458 e. The summed E-state index contributed by atoms with van der Waals surface area (Å²) in [5.41, 5.74) is 0. The van der Waals surface area contributed by atoms with Crippen molar-refractivity contribution in [2.45, 2.75) is 32.7 Å². The van der Waals surface area contributed by atoms with Crippen LogP contribution in [-0.2, 0) is 4.12 Å². The Labute approximate surface area is 60.4 Å². The van der Waals surface area contributed by atoms with Crippen molar-refractivity contribution in [3.63, 3.8) is 0 Å². The Morgan fingerprint density at radius 2 is 1.44 bits per heavy atom. The van der Waals surface area contributed by atoms with Gasteiger partial charge in [-0.2, -0.15) is 0 Å². The monoisotopic (exact) mass is 166 g/mol. The highest BCUT2D eigenvalue weighted by Crippen LogP contribution is 2.03. The van der Waals surface area contributed by atoms with E-state index >= 15 is 0 Å². The van der Waals surface area contributed by atoms with E-state index in [9.17, 15) is 0 Å². The molecule has 0 aliphatic rings. The third-order valence-corrected chi connectivity index (χ3v) is 5.30. The van der Waals surface area contributed by atoms with Crippen molar-refractivity contribution >= 4 is 17.4 Å². The van der Waals surface area contributed by atoms with Crippen molar-refractivity contribution in [2.24, 2.45) is 0 Å². The van der Waals surface area contributed by atoms with E-state index in [2.05, 4.69) is 32.7 Å². The van der Waals surface area contributed by atoms with Gasteiger partial charge in [0.1, 0.15) is 0 Å². The second-order valence-corrected chi connectivity index (χ2v) is 10.5. The van der Waals surface area contributed by atoms with Gasteiger partial charge in [-0.15, -0.1) is 0 Å². The third kappa shape index (κ3) is 11.8. The van der Waals surface area contributed by atoms with Gasteiger partial charge < -0.3 is 9.59 Å². The molecule has 0 bridgehead atoms. The molecule has 4 heteroatoms. The van der Waals surface area contributed by atoms with Gasteiger partial charge in [-0.1, -0.05) is 0 Å². The summed E-state index contributed by atoms with van der Waals surface area (Å²) in [5.74, 6) is 0. The lowest BCUT2D eigenvalue weighted by molar-refractivity contribution is 0.583. The lowest BCUT2D eigenvalue weighted by Crippen LogP contribution is -2.31. The summed E-state index contributed by atoms with van der Waals surface area (Å²) in [6, 6.07) is 0. The molecule has 0 atom stereocenters. The summed E-state index contributed by atoms with van der Waals surface area (Å²) < 4.78 is 5.72. The molecule has 0 spiro atoms. The van der Waals surface area contributed by atoms with Gasteiger partial charge >= 0.3 is 0 Å². The average molecular weight is 166 g/mol. The van der Waals surface area contributed by atoms with Crippen LogP contribution in [0.4, 0.5) is 0 Å². The van der Waals surface area contributed by atoms with E-state index in [0.29, 0.717) is 0 Å². The SMILES string of the molecule is C[SiH](C)O[Si](C)(C)C.O. The number of hydrogen-bond donors (Lipinski definition) is 0. The van der Waals surface area contributed by atoms with E-state index in [1.807, 2.05) is 0 Å². The van der Waals surface area contributed by atoms with Gasteiger partial charge in [-0.3, -0.25) is 0 Å². The van der Waals surface area contributed by atoms with E-state index in [-0.39, 0.29) is 5.48 Å². The van der Waals surface area contributed by atoms with Crippen LogP contribution in [-0.4, -0.2) is 22.8 Å². The van der Waals surface area contributed by atoms with Gasteiger partial charge in [0, 0.05) is 0 Å². The molecule has 0 radical (unpaired) electrons. The van der Waals surface area contributed by atoms with Crippen LogP contribution in [0.1, 0.15) is 0 Å². The fourth-order valence-corrected chi connectivity index (χ4v) is 6.36. The zero-order valence-corrected chi connectivity index (χ0v) is 9.14. The van der Waals surface area contributed by atoms with Crippen molar-refractivity contribution in [3.8, 4) is 0 Å². The summed E-state index contributed by atoms with van der Waals surface area (Å²) in [6.07, 6.45) is 0. The average Bonchev–Trinajstić information content (AvgIpc) is 1.21. The Kier molecular flexibility index (Phi) is 5.65. The fraction of sp³-hybridized carbons (Fsp3) is 1.00. The summed E-state index contributed by atoms with van der Waals surface area (Å²) in [6.45, 7) is 11.1. The normalized spacial score (nSPS) is 11.3. The third-order valence-electron chi connectivity index (χ3n) is 0.589. The molecule has 0 heterocycles. The van der Waals surface area contributed by atoms with E-state index < -0.39 is 17.4 Å². The first kappa shape index (κ1) is 12.1. The quantitative estimate of drug-likeness (QED) is 0.564. The molecule has 0 aromatic heterocycles. The van der Waals surface area contributed by atoms with Crippen molar-refractivity contribution in [2.75, 3.05) is 0 Å². The second-order valence-electron chi connectivity index (χ2n) is 3.28. The van der Waals surface area contributed by atoms with E-state index in [0.717, 1.165) is 0 Å². The highest BCUT2D eigenvalue weighted by atomic mass is 28.4. The first-order valence-electron chi connectivity index (χ1n) is 3.09. The maximum atomic E-state index is 5.72. The highest BCUT2D eigenvalue weighted by molar-refractivity contribution is 6.76. The van der Waals surface area contributed by atoms with Gasteiger partial charge in [0.25, 0.3) is 0 Å². The maximum absolute atomic E-state index is 5.72. The van der Waals surface area contributed by atoms with Crippen molar-refractivity contribution in [3.05, 3.63) is 0 Å². The first-order chi connectivity index (χ1) is 3.42. The molecule has 0 aliphatic carbocycles. The van der Waals surface area contributed by atoms with Crippen LogP contribution in [0.3, 0.4) is 0 Å². The molecule has 0 aromatic rings. The lowest BCUT2D eigenvalue weighted by Gasteiger charge is -2.19. The number of rotatable bonds is 2. The van der Waals surface area contributed by atoms with Gasteiger partial charge in [-0.05, 0) is 32.7 Å². The Balaban J connectivity index is 0. The van der Waals surface area contributed by atoms with Crippen molar-refractivity contribution in [1.29, 1.82) is 0 Å². The molecule has 0 saturated carbocycles. The van der Waals surface area contributed by atoms with Gasteiger partial charge in [0.2, 0.25) is 0 Å². The lowest BCUT2D eigenvalue weighted by atomic mass is 11.8. The molecule has 2 nitrogen and oxygen atoms in total. The standard InChI is InChI=1S/C5H16OSi2.H2O/c1-7(2)6-8(3,4)5;/h7H,1-5H3;1H2. The minimum absolute atomic E-state index is 0. The summed E-state index contributed by atoms with van der Waals surface area (Å²) >= 11 is 0. The Morgan fingerprint density at radius 3 is 1.44 bits per heavy atom. The molecule has 0 aliphatic heterocycles. The minimum Gasteiger partial charge on any atom is -0.458 e. The molecule has 58 valence electrons. The molecule has 0 unspecified atom stereocenters. The zero-order chi connectivity index (χ0) is 6.78. The molecule has 0 aromatic carbocycles. The van der Waals surface area contributed by atoms with Gasteiger partial charge in [0.05, 0.1) is 0 Å². The summed E-state index contributed by atoms with van der Waals surface area (Å²) in [4.78, 5) is 0. The maximum Gasteiger partial charge on any atom is 0.170 e. The van der Waals surface area contributed by atoms with Crippen LogP contribution in [0.2, 0.25) is 32.7 Å². The highest BCUT2D eigenvalue weighted by Gasteiger charge is 2.14. The molecular weight excluding hydrogens is 148 g/mol. The fourth-order valence-electron chi connectivity index (χ4n) is 0.707. The topological polar surface area (TPSA) is 40.7 Å². The van der Waals surface area contributed by atoms with Crippen LogP contribution in [0.25, 0.3) is 0 Å². The van der Waals surface area contributed by atoms with Gasteiger partial charge in [0.15, 0.2) is 17.4 Å². The predicted molar refractivity (Wildman–Crippen MR) is 46.9 cm³/mol. The minimum atomic E-state index is -1.16. The van der Waals surface area contributed by atoms with E-state index in [1.165, 1.54) is 0 Å². The van der Waals surface area contributed by atoms with Crippen molar-refractivity contribution in [1.82, 2.24) is 0 Å². The van der Waals surface area contributed by atoms with E-state index in [4.69, 9.17) is 4.12 Å². The molecule has 0 fully saturated rings. The Hall–Kier alpha value is 0.354. The molecule has 9 heavy (non-hydrogen) atoms. The Bertz CT molecular complexity index is 67.8. The zero-order valence-electron chi connectivity index (χ0n) is 6.99. The summed E-state index contributed by atoms with van der Waals surface area (Å²) in [5, 5.41) is 0. The van der Waals surface area contributed by atoms with Crippen LogP contribution < -0.4 is 0 Å². The van der Waals surface area contributed by atoms with Crippen LogP contribution in [0, 0.1) is 0 Å².